The Morgan fingerprint density at radius 2 is 2.23 bits per heavy atom. The van der Waals surface area contributed by atoms with E-state index >= 15 is 0 Å². The maximum absolute atomic E-state index is 6.01. The van der Waals surface area contributed by atoms with E-state index in [0.29, 0.717) is 12.0 Å². The van der Waals surface area contributed by atoms with Gasteiger partial charge in [-0.3, -0.25) is 0 Å². The Bertz CT molecular complexity index is 245. The lowest BCUT2D eigenvalue weighted by Gasteiger charge is -2.14. The Morgan fingerprint density at radius 3 is 3.00 bits per heavy atom. The molecule has 2 rings (SSSR count). The molecule has 1 saturated carbocycles. The van der Waals surface area contributed by atoms with E-state index < -0.39 is 0 Å². The normalized spacial score (nSPS) is 29.9. The second kappa shape index (κ2) is 4.20. The molecule has 13 heavy (non-hydrogen) atoms. The lowest BCUT2D eigenvalue weighted by Crippen LogP contribution is -2.20. The van der Waals surface area contributed by atoms with Crippen LogP contribution in [-0.4, -0.2) is 10.4 Å². The van der Waals surface area contributed by atoms with Gasteiger partial charge in [-0.05, 0) is 36.9 Å². The predicted octanol–water partition coefficient (Wildman–Crippen LogP) is 2.52. The molecule has 1 aliphatic carbocycles. The molecule has 2 unspecified atom stereocenters. The Kier molecular flexibility index (Phi) is 2.96. The molecule has 0 spiro atoms. The highest BCUT2D eigenvalue weighted by molar-refractivity contribution is 7.03. The second-order valence-electron chi connectivity index (χ2n) is 3.90. The van der Waals surface area contributed by atoms with Gasteiger partial charge in [0, 0.05) is 17.3 Å². The summed E-state index contributed by atoms with van der Waals surface area (Å²) >= 11 is 1.55. The first-order chi connectivity index (χ1) is 6.36. The molecule has 1 aliphatic rings. The molecule has 2 nitrogen and oxygen atoms in total. The summed E-state index contributed by atoms with van der Waals surface area (Å²) in [6.07, 6.45) is 6.21. The summed E-state index contributed by atoms with van der Waals surface area (Å²) < 4.78 is 4.40. The third-order valence-electron chi connectivity index (χ3n) is 2.84. The van der Waals surface area contributed by atoms with Crippen LogP contribution in [0.25, 0.3) is 0 Å². The van der Waals surface area contributed by atoms with Gasteiger partial charge in [0.1, 0.15) is 0 Å². The number of rotatable bonds is 1. The highest BCUT2D eigenvalue weighted by Crippen LogP contribution is 2.30. The second-order valence-corrected chi connectivity index (χ2v) is 4.57. The van der Waals surface area contributed by atoms with Gasteiger partial charge < -0.3 is 5.73 Å². The third-order valence-corrected chi connectivity index (χ3v) is 3.41. The quantitative estimate of drug-likeness (QED) is 0.701. The van der Waals surface area contributed by atoms with Crippen molar-refractivity contribution in [3.05, 3.63) is 17.1 Å². The summed E-state index contributed by atoms with van der Waals surface area (Å²) in [5, 5.41) is 2.06. The van der Waals surface area contributed by atoms with Gasteiger partial charge in [-0.1, -0.05) is 12.8 Å². The Balaban J connectivity index is 2.05. The SMILES string of the molecule is NC1CCCCC(c2ccsn2)C1. The average Bonchev–Trinajstić information content (AvgIpc) is 2.56. The smallest absolute Gasteiger partial charge is 0.0573 e. The zero-order valence-electron chi connectivity index (χ0n) is 7.78. The van der Waals surface area contributed by atoms with Crippen molar-refractivity contribution in [3.8, 4) is 0 Å². The summed E-state index contributed by atoms with van der Waals surface area (Å²) in [6, 6.07) is 2.54. The van der Waals surface area contributed by atoms with Crippen LogP contribution in [0.2, 0.25) is 0 Å². The van der Waals surface area contributed by atoms with Gasteiger partial charge in [0.2, 0.25) is 0 Å². The van der Waals surface area contributed by atoms with Gasteiger partial charge >= 0.3 is 0 Å². The van der Waals surface area contributed by atoms with Crippen LogP contribution in [0.1, 0.15) is 43.7 Å². The van der Waals surface area contributed by atoms with Crippen LogP contribution in [0.15, 0.2) is 11.4 Å². The zero-order chi connectivity index (χ0) is 9.10. The fourth-order valence-electron chi connectivity index (χ4n) is 2.10. The van der Waals surface area contributed by atoms with E-state index in [1.54, 1.807) is 11.5 Å². The van der Waals surface area contributed by atoms with Crippen LogP contribution in [0.4, 0.5) is 0 Å². The lowest BCUT2D eigenvalue weighted by molar-refractivity contribution is 0.529. The van der Waals surface area contributed by atoms with E-state index in [1.165, 1.54) is 31.4 Å². The van der Waals surface area contributed by atoms with Crippen molar-refractivity contribution in [2.75, 3.05) is 0 Å². The fraction of sp³-hybridized carbons (Fsp3) is 0.700. The van der Waals surface area contributed by atoms with Crippen LogP contribution < -0.4 is 5.73 Å². The minimum atomic E-state index is 0.397. The molecule has 3 heteroatoms. The van der Waals surface area contributed by atoms with Gasteiger partial charge in [0.25, 0.3) is 0 Å². The van der Waals surface area contributed by atoms with Gasteiger partial charge in [-0.25, -0.2) is 0 Å². The average molecular weight is 196 g/mol. The standard InChI is InChI=1S/C10H16N2S/c11-9-4-2-1-3-8(7-9)10-5-6-13-12-10/h5-6,8-9H,1-4,7,11H2. The van der Waals surface area contributed by atoms with Crippen LogP contribution >= 0.6 is 11.5 Å². The Morgan fingerprint density at radius 1 is 1.38 bits per heavy atom. The molecule has 72 valence electrons. The molecule has 0 aliphatic heterocycles. The number of nitrogens with zero attached hydrogens (tertiary/aromatic N) is 1. The summed E-state index contributed by atoms with van der Waals surface area (Å²) in [7, 11) is 0. The first kappa shape index (κ1) is 9.16. The number of hydrogen-bond donors (Lipinski definition) is 1. The van der Waals surface area contributed by atoms with Crippen molar-refractivity contribution in [2.24, 2.45) is 5.73 Å². The van der Waals surface area contributed by atoms with E-state index in [0.717, 1.165) is 6.42 Å². The molecule has 1 aromatic rings. The largest absolute Gasteiger partial charge is 0.328 e. The number of nitrogens with two attached hydrogens (primary N) is 1. The minimum Gasteiger partial charge on any atom is -0.328 e. The molecule has 2 atom stereocenters. The van der Waals surface area contributed by atoms with Gasteiger partial charge in [-0.15, -0.1) is 0 Å². The first-order valence-corrected chi connectivity index (χ1v) is 5.86. The van der Waals surface area contributed by atoms with Crippen molar-refractivity contribution < 1.29 is 0 Å². The van der Waals surface area contributed by atoms with E-state index in [2.05, 4.69) is 15.8 Å². The van der Waals surface area contributed by atoms with Crippen LogP contribution in [0, 0.1) is 0 Å². The first-order valence-electron chi connectivity index (χ1n) is 5.02. The van der Waals surface area contributed by atoms with Crippen molar-refractivity contribution in [2.45, 2.75) is 44.1 Å². The number of hydrogen-bond acceptors (Lipinski definition) is 3. The molecule has 1 heterocycles. The summed E-state index contributed by atoms with van der Waals surface area (Å²) in [5.74, 6) is 0.628. The fourth-order valence-corrected chi connectivity index (χ4v) is 2.69. The molecular formula is C10H16N2S. The predicted molar refractivity (Wildman–Crippen MR) is 55.9 cm³/mol. The van der Waals surface area contributed by atoms with Crippen LogP contribution in [-0.2, 0) is 0 Å². The van der Waals surface area contributed by atoms with Crippen molar-refractivity contribution in [3.63, 3.8) is 0 Å². The molecule has 0 aromatic carbocycles. The van der Waals surface area contributed by atoms with E-state index in [9.17, 15) is 0 Å². The molecule has 1 fully saturated rings. The maximum Gasteiger partial charge on any atom is 0.0573 e. The monoisotopic (exact) mass is 196 g/mol. The van der Waals surface area contributed by atoms with Gasteiger partial charge in [-0.2, -0.15) is 4.37 Å². The highest BCUT2D eigenvalue weighted by Gasteiger charge is 2.20. The summed E-state index contributed by atoms with van der Waals surface area (Å²) in [5.41, 5.74) is 7.27. The third kappa shape index (κ3) is 2.29. The van der Waals surface area contributed by atoms with Gasteiger partial charge in [0.05, 0.1) is 5.69 Å². The maximum atomic E-state index is 6.01. The Labute approximate surface area is 83.3 Å². The zero-order valence-corrected chi connectivity index (χ0v) is 8.59. The van der Waals surface area contributed by atoms with Crippen LogP contribution in [0.5, 0.6) is 0 Å². The summed E-state index contributed by atoms with van der Waals surface area (Å²) in [4.78, 5) is 0. The molecule has 0 amide bonds. The minimum absolute atomic E-state index is 0.397. The molecule has 2 N–H and O–H groups in total. The van der Waals surface area contributed by atoms with E-state index in [1.807, 2.05) is 0 Å². The topological polar surface area (TPSA) is 38.9 Å². The van der Waals surface area contributed by atoms with Crippen molar-refractivity contribution >= 4 is 11.5 Å². The number of aromatic nitrogens is 1. The van der Waals surface area contributed by atoms with Crippen molar-refractivity contribution in [1.29, 1.82) is 0 Å². The molecule has 0 bridgehead atoms. The Hall–Kier alpha value is -0.410. The van der Waals surface area contributed by atoms with E-state index in [4.69, 9.17) is 5.73 Å². The van der Waals surface area contributed by atoms with E-state index in [-0.39, 0.29) is 0 Å². The van der Waals surface area contributed by atoms with Crippen LogP contribution in [0.3, 0.4) is 0 Å². The molecule has 0 radical (unpaired) electrons. The van der Waals surface area contributed by atoms with Crippen molar-refractivity contribution in [1.82, 2.24) is 4.37 Å². The lowest BCUT2D eigenvalue weighted by atomic mass is 9.95. The molecule has 1 aromatic heterocycles. The highest BCUT2D eigenvalue weighted by atomic mass is 32.1. The molecule has 0 saturated heterocycles. The van der Waals surface area contributed by atoms with Gasteiger partial charge in [0.15, 0.2) is 0 Å². The summed E-state index contributed by atoms with van der Waals surface area (Å²) in [6.45, 7) is 0. The molecular weight excluding hydrogens is 180 g/mol.